The minimum absolute atomic E-state index is 0.188. The lowest BCUT2D eigenvalue weighted by molar-refractivity contribution is -0.201. The van der Waals surface area contributed by atoms with E-state index in [0.717, 1.165) is 16.2 Å². The fraction of sp³-hybridized carbons (Fsp3) is 0.450. The molecule has 3 heterocycles. The number of nitrogens with zero attached hydrogens (tertiary/aromatic N) is 3. The lowest BCUT2D eigenvalue weighted by atomic mass is 9.97. The Kier molecular flexibility index (Phi) is 7.81. The maximum absolute atomic E-state index is 11.5. The molecule has 13 heteroatoms. The Labute approximate surface area is 207 Å². The van der Waals surface area contributed by atoms with Crippen molar-refractivity contribution in [3.8, 4) is 11.4 Å². The van der Waals surface area contributed by atoms with Crippen LogP contribution < -0.4 is 4.87 Å². The van der Waals surface area contributed by atoms with Crippen molar-refractivity contribution in [1.82, 2.24) is 20.0 Å². The van der Waals surface area contributed by atoms with Gasteiger partial charge in [-0.05, 0) is 32.0 Å². The van der Waals surface area contributed by atoms with E-state index in [0.29, 0.717) is 21.4 Å². The molecule has 1 fully saturated rings. The highest BCUT2D eigenvalue weighted by Crippen LogP contribution is 2.41. The van der Waals surface area contributed by atoms with E-state index in [4.69, 9.17) is 32.7 Å². The fourth-order valence-corrected chi connectivity index (χ4v) is 5.65. The smallest absolute Gasteiger partial charge is 0.304 e. The number of aliphatic hydroxyl groups is 2. The largest absolute Gasteiger partial charge is 0.394 e. The summed E-state index contributed by atoms with van der Waals surface area (Å²) >= 11 is 14.6. The van der Waals surface area contributed by atoms with Gasteiger partial charge in [0.25, 0.3) is 0 Å². The molecule has 1 saturated heterocycles. The second-order valence-corrected chi connectivity index (χ2v) is 10.5. The molecule has 9 nitrogen and oxygen atoms in total. The van der Waals surface area contributed by atoms with E-state index in [1.54, 1.807) is 23.7 Å². The minimum Gasteiger partial charge on any atom is -0.394 e. The highest BCUT2D eigenvalue weighted by atomic mass is 35.5. The number of halogens is 2. The monoisotopic (exact) mass is 532 g/mol. The van der Waals surface area contributed by atoms with Gasteiger partial charge in [-0.3, -0.25) is 4.79 Å². The molecule has 5 atom stereocenters. The Balaban J connectivity index is 1.70. The molecule has 2 aromatic heterocycles. The Morgan fingerprint density at radius 2 is 2.15 bits per heavy atom. The number of hydrogen-bond donors (Lipinski definition) is 3. The van der Waals surface area contributed by atoms with Crippen LogP contribution in [0, 0.1) is 0 Å². The molecule has 0 bridgehead atoms. The van der Waals surface area contributed by atoms with Crippen LogP contribution in [-0.4, -0.2) is 66.6 Å². The summed E-state index contributed by atoms with van der Waals surface area (Å²) in [5.74, 6) is 0. The summed E-state index contributed by atoms with van der Waals surface area (Å²) in [6.45, 7) is 3.36. The molecule has 0 aliphatic carbocycles. The summed E-state index contributed by atoms with van der Waals surface area (Å²) in [7, 11) is 0. The normalized spacial score (nSPS) is 25.6. The highest BCUT2D eigenvalue weighted by Gasteiger charge is 2.48. The van der Waals surface area contributed by atoms with Gasteiger partial charge in [0.2, 0.25) is 0 Å². The topological polar surface area (TPSA) is 122 Å². The summed E-state index contributed by atoms with van der Waals surface area (Å²) in [4.78, 5) is 14.8. The molecule has 3 aromatic rings. The van der Waals surface area contributed by atoms with E-state index in [2.05, 4.69) is 15.3 Å². The van der Waals surface area contributed by atoms with E-state index in [9.17, 15) is 15.0 Å². The zero-order valence-corrected chi connectivity index (χ0v) is 20.7. The van der Waals surface area contributed by atoms with Gasteiger partial charge in [-0.25, -0.2) is 4.68 Å². The summed E-state index contributed by atoms with van der Waals surface area (Å²) < 4.78 is 13.7. The summed E-state index contributed by atoms with van der Waals surface area (Å²) in [6, 6.07) is 4.50. The highest BCUT2D eigenvalue weighted by molar-refractivity contribution is 7.99. The molecule has 5 unspecified atom stereocenters. The van der Waals surface area contributed by atoms with Gasteiger partial charge < -0.3 is 24.7 Å². The fourth-order valence-electron chi connectivity index (χ4n) is 3.55. The molecule has 1 aromatic carbocycles. The second-order valence-electron chi connectivity index (χ2n) is 7.70. The zero-order chi connectivity index (χ0) is 23.7. The molecule has 3 N–H and O–H groups in total. The third-order valence-corrected chi connectivity index (χ3v) is 7.56. The lowest BCUT2D eigenvalue weighted by Crippen LogP contribution is -2.56. The lowest BCUT2D eigenvalue weighted by Gasteiger charge is -2.44. The number of aromatic amines is 1. The van der Waals surface area contributed by atoms with Crippen LogP contribution in [-0.2, 0) is 9.47 Å². The number of H-pyrrole nitrogens is 1. The number of thioether (sulfide) groups is 1. The van der Waals surface area contributed by atoms with Gasteiger partial charge in [0, 0.05) is 10.3 Å². The van der Waals surface area contributed by atoms with Crippen molar-refractivity contribution in [3.63, 3.8) is 0 Å². The van der Waals surface area contributed by atoms with Crippen LogP contribution in [0.2, 0.25) is 10.0 Å². The van der Waals surface area contributed by atoms with Crippen molar-refractivity contribution in [2.24, 2.45) is 0 Å². The van der Waals surface area contributed by atoms with Gasteiger partial charge in [0.15, 0.2) is 0 Å². The predicted molar refractivity (Wildman–Crippen MR) is 127 cm³/mol. The first-order chi connectivity index (χ1) is 15.8. The van der Waals surface area contributed by atoms with Crippen LogP contribution in [0.1, 0.15) is 19.9 Å². The van der Waals surface area contributed by atoms with E-state index < -0.39 is 36.4 Å². The van der Waals surface area contributed by atoms with Crippen molar-refractivity contribution >= 4 is 46.3 Å². The van der Waals surface area contributed by atoms with Crippen molar-refractivity contribution in [1.29, 1.82) is 0 Å². The van der Waals surface area contributed by atoms with Gasteiger partial charge in [-0.15, -0.1) is 5.10 Å². The van der Waals surface area contributed by atoms with Crippen LogP contribution in [0.4, 0.5) is 0 Å². The quantitative estimate of drug-likeness (QED) is 0.423. The molecule has 1 aliphatic heterocycles. The molecule has 33 heavy (non-hydrogen) atoms. The molecule has 0 saturated carbocycles. The van der Waals surface area contributed by atoms with E-state index in [1.807, 2.05) is 19.9 Å². The van der Waals surface area contributed by atoms with Crippen molar-refractivity contribution in [3.05, 3.63) is 49.5 Å². The zero-order valence-electron chi connectivity index (χ0n) is 17.6. The number of aliphatic hydroxyl groups excluding tert-OH is 2. The first-order valence-electron chi connectivity index (χ1n) is 10.1. The molecule has 1 aliphatic rings. The Morgan fingerprint density at radius 1 is 1.36 bits per heavy atom. The van der Waals surface area contributed by atoms with Crippen LogP contribution in [0.5, 0.6) is 0 Å². The van der Waals surface area contributed by atoms with Crippen molar-refractivity contribution in [2.45, 2.75) is 54.6 Å². The van der Waals surface area contributed by atoms with E-state index in [1.165, 1.54) is 16.4 Å². The van der Waals surface area contributed by atoms with Gasteiger partial charge >= 0.3 is 4.87 Å². The molecule has 4 rings (SSSR count). The average molecular weight is 533 g/mol. The number of thiazole rings is 1. The molecule has 0 spiro atoms. The number of benzene rings is 1. The number of ether oxygens (including phenoxy) is 2. The standard InChI is InChI=1S/C20H22Cl2N4O5S2/c1-9(2)30-18-16(26-6-13(24-25-26)14-8-32-20(29)23-14)17(28)15(7-27)31-19(18)33-10-3-4-11(21)12(22)5-10/h3-6,8-9,15-19,27-28H,7H2,1-2H3,(H,23,29). The van der Waals surface area contributed by atoms with Gasteiger partial charge in [0.1, 0.15) is 35.5 Å². The predicted octanol–water partition coefficient (Wildman–Crippen LogP) is 3.21. The molecular weight excluding hydrogens is 511 g/mol. The van der Waals surface area contributed by atoms with Crippen LogP contribution in [0.3, 0.4) is 0 Å². The summed E-state index contributed by atoms with van der Waals surface area (Å²) in [6.07, 6.45) is -1.22. The van der Waals surface area contributed by atoms with Gasteiger partial charge in [-0.1, -0.05) is 51.5 Å². The minimum atomic E-state index is -1.12. The summed E-state index contributed by atoms with van der Waals surface area (Å²) in [5, 5.41) is 31.8. The third-order valence-electron chi connectivity index (χ3n) is 5.01. The second kappa shape index (κ2) is 10.4. The Bertz CT molecular complexity index is 1150. The van der Waals surface area contributed by atoms with E-state index >= 15 is 0 Å². The number of rotatable bonds is 7. The number of hydrogen-bond acceptors (Lipinski definition) is 9. The maximum atomic E-state index is 11.5. The first-order valence-corrected chi connectivity index (χ1v) is 12.6. The Morgan fingerprint density at radius 3 is 2.79 bits per heavy atom. The van der Waals surface area contributed by atoms with Crippen LogP contribution >= 0.6 is 46.3 Å². The Hall–Kier alpha value is -1.44. The molecule has 178 valence electrons. The number of aromatic nitrogens is 4. The molecular formula is C20H22Cl2N4O5S2. The van der Waals surface area contributed by atoms with Crippen LogP contribution in [0.25, 0.3) is 11.4 Å². The van der Waals surface area contributed by atoms with E-state index in [-0.39, 0.29) is 11.0 Å². The third kappa shape index (κ3) is 5.46. The average Bonchev–Trinajstić information content (AvgIpc) is 3.41. The first kappa shape index (κ1) is 24.7. The molecule has 0 amide bonds. The van der Waals surface area contributed by atoms with Gasteiger partial charge in [0.05, 0.1) is 34.6 Å². The molecule has 0 radical (unpaired) electrons. The van der Waals surface area contributed by atoms with Crippen LogP contribution in [0.15, 0.2) is 39.5 Å². The van der Waals surface area contributed by atoms with Crippen molar-refractivity contribution in [2.75, 3.05) is 6.61 Å². The SMILES string of the molecule is CC(C)OC1C(Sc2ccc(Cl)c(Cl)c2)OC(CO)C(O)C1n1cc(-c2csc(=O)[nH]2)nn1. The van der Waals surface area contributed by atoms with Gasteiger partial charge in [-0.2, -0.15) is 0 Å². The summed E-state index contributed by atoms with van der Waals surface area (Å²) in [5.41, 5.74) is 0.368. The number of nitrogens with one attached hydrogen (secondary N) is 1. The maximum Gasteiger partial charge on any atom is 0.304 e. The van der Waals surface area contributed by atoms with Crippen molar-refractivity contribution < 1.29 is 19.7 Å².